The Bertz CT molecular complexity index is 952. The zero-order chi connectivity index (χ0) is 18.5. The Kier molecular flexibility index (Phi) is 4.19. The Labute approximate surface area is 153 Å². The van der Waals surface area contributed by atoms with E-state index in [0.717, 1.165) is 18.4 Å². The predicted molar refractivity (Wildman–Crippen MR) is 96.0 cm³/mol. The van der Waals surface area contributed by atoms with Crippen molar-refractivity contribution >= 4 is 10.0 Å². The van der Waals surface area contributed by atoms with E-state index in [2.05, 4.69) is 5.10 Å². The van der Waals surface area contributed by atoms with E-state index in [1.165, 1.54) is 0 Å². The molecule has 2 aliphatic rings. The Hall–Kier alpha value is -2.06. The molecule has 3 heterocycles. The first-order chi connectivity index (χ1) is 12.4. The zero-order valence-corrected chi connectivity index (χ0v) is 16.0. The highest BCUT2D eigenvalue weighted by molar-refractivity contribution is 7.89. The van der Waals surface area contributed by atoms with Crippen LogP contribution in [0.15, 0.2) is 23.1 Å². The highest BCUT2D eigenvalue weighted by Gasteiger charge is 2.39. The maximum Gasteiger partial charge on any atom is 0.247 e. The van der Waals surface area contributed by atoms with Crippen molar-refractivity contribution in [3.8, 4) is 11.5 Å². The van der Waals surface area contributed by atoms with Gasteiger partial charge < -0.3 is 9.47 Å². The van der Waals surface area contributed by atoms with Gasteiger partial charge in [0.25, 0.3) is 0 Å². The molecule has 8 heteroatoms. The molecule has 0 radical (unpaired) electrons. The van der Waals surface area contributed by atoms with E-state index >= 15 is 0 Å². The van der Waals surface area contributed by atoms with Crippen molar-refractivity contribution in [2.45, 2.75) is 37.6 Å². The molecule has 2 aliphatic heterocycles. The summed E-state index contributed by atoms with van der Waals surface area (Å²) in [5, 5.41) is 4.28. The summed E-state index contributed by atoms with van der Waals surface area (Å²) in [5.74, 6) is 1.40. The summed E-state index contributed by atoms with van der Waals surface area (Å²) in [6.45, 7) is 5.10. The van der Waals surface area contributed by atoms with E-state index < -0.39 is 10.0 Å². The number of hydrogen-bond donors (Lipinski definition) is 0. The van der Waals surface area contributed by atoms with Crippen molar-refractivity contribution in [3.05, 3.63) is 35.2 Å². The van der Waals surface area contributed by atoms with Crippen molar-refractivity contribution in [2.75, 3.05) is 19.8 Å². The molecular formula is C18H23N3O4S. The lowest BCUT2D eigenvalue weighted by Crippen LogP contribution is -2.31. The summed E-state index contributed by atoms with van der Waals surface area (Å²) < 4.78 is 41.2. The fourth-order valence-electron chi connectivity index (χ4n) is 3.87. The molecule has 1 atom stereocenters. The molecule has 1 fully saturated rings. The number of ether oxygens (including phenoxy) is 2. The van der Waals surface area contributed by atoms with Crippen LogP contribution in [0, 0.1) is 13.8 Å². The molecule has 0 amide bonds. The van der Waals surface area contributed by atoms with Gasteiger partial charge in [0, 0.05) is 13.6 Å². The Morgan fingerprint density at radius 2 is 1.88 bits per heavy atom. The smallest absolute Gasteiger partial charge is 0.247 e. The number of benzene rings is 1. The highest BCUT2D eigenvalue weighted by Crippen LogP contribution is 2.41. The lowest BCUT2D eigenvalue weighted by molar-refractivity contribution is 0.171. The average molecular weight is 377 g/mol. The molecular weight excluding hydrogens is 354 g/mol. The monoisotopic (exact) mass is 377 g/mol. The molecule has 0 aliphatic carbocycles. The highest BCUT2D eigenvalue weighted by atomic mass is 32.2. The van der Waals surface area contributed by atoms with Gasteiger partial charge in [-0.25, -0.2) is 8.42 Å². The molecule has 1 aromatic heterocycles. The predicted octanol–water partition coefficient (Wildman–Crippen LogP) is 2.33. The minimum atomic E-state index is -3.62. The van der Waals surface area contributed by atoms with Crippen LogP contribution in [0.5, 0.6) is 11.5 Å². The number of aromatic nitrogens is 2. The topological polar surface area (TPSA) is 73.7 Å². The molecule has 0 saturated carbocycles. The maximum absolute atomic E-state index is 13.4. The summed E-state index contributed by atoms with van der Waals surface area (Å²) in [7, 11) is -1.85. The van der Waals surface area contributed by atoms with Gasteiger partial charge in [-0.1, -0.05) is 6.07 Å². The van der Waals surface area contributed by atoms with Crippen LogP contribution < -0.4 is 9.47 Å². The lowest BCUT2D eigenvalue weighted by atomic mass is 10.0. The third-order valence-corrected chi connectivity index (χ3v) is 7.33. The van der Waals surface area contributed by atoms with Crippen LogP contribution in [0.2, 0.25) is 0 Å². The van der Waals surface area contributed by atoms with Crippen LogP contribution in [0.4, 0.5) is 0 Å². The maximum atomic E-state index is 13.4. The van der Waals surface area contributed by atoms with Gasteiger partial charge in [-0.15, -0.1) is 0 Å². The number of sulfonamides is 1. The van der Waals surface area contributed by atoms with Crippen LogP contribution >= 0.6 is 0 Å². The Balaban J connectivity index is 1.72. The van der Waals surface area contributed by atoms with Crippen LogP contribution in [0.25, 0.3) is 0 Å². The van der Waals surface area contributed by atoms with Crippen molar-refractivity contribution < 1.29 is 17.9 Å². The largest absolute Gasteiger partial charge is 0.486 e. The molecule has 1 saturated heterocycles. The first-order valence-corrected chi connectivity index (χ1v) is 10.2. The summed E-state index contributed by atoms with van der Waals surface area (Å²) in [4.78, 5) is 0.324. The van der Waals surface area contributed by atoms with Crippen molar-refractivity contribution in [1.82, 2.24) is 14.1 Å². The molecule has 140 valence electrons. The fraction of sp³-hybridized carbons (Fsp3) is 0.500. The van der Waals surface area contributed by atoms with Gasteiger partial charge in [0.05, 0.1) is 17.4 Å². The standard InChI is InChI=1S/C18H23N3O4S/c1-12-18(13(2)20(3)19-12)26(22,23)21-8-4-5-15(21)14-6-7-16-17(11-14)25-10-9-24-16/h6-7,11,15H,4-5,8-10H2,1-3H3/t15-/m1/s1. The van der Waals surface area contributed by atoms with Gasteiger partial charge in [0.15, 0.2) is 11.5 Å². The van der Waals surface area contributed by atoms with E-state index in [1.807, 2.05) is 18.2 Å². The molecule has 0 unspecified atom stereocenters. The van der Waals surface area contributed by atoms with E-state index in [0.29, 0.717) is 47.5 Å². The number of rotatable bonds is 3. The van der Waals surface area contributed by atoms with Crippen LogP contribution in [0.1, 0.15) is 35.8 Å². The van der Waals surface area contributed by atoms with Gasteiger partial charge in [0.2, 0.25) is 10.0 Å². The molecule has 0 spiro atoms. The summed E-state index contributed by atoms with van der Waals surface area (Å²) >= 11 is 0. The van der Waals surface area contributed by atoms with E-state index in [9.17, 15) is 8.42 Å². The molecule has 2 aromatic rings. The number of hydrogen-bond acceptors (Lipinski definition) is 5. The third kappa shape index (κ3) is 2.68. The van der Waals surface area contributed by atoms with Crippen LogP contribution in [-0.2, 0) is 17.1 Å². The van der Waals surface area contributed by atoms with Gasteiger partial charge in [-0.05, 0) is 44.4 Å². The second kappa shape index (κ2) is 6.28. The second-order valence-electron chi connectivity index (χ2n) is 6.80. The molecule has 26 heavy (non-hydrogen) atoms. The lowest BCUT2D eigenvalue weighted by Gasteiger charge is -2.26. The molecule has 4 rings (SSSR count). The number of fused-ring (bicyclic) bond motifs is 1. The fourth-order valence-corrected chi connectivity index (χ4v) is 5.96. The van der Waals surface area contributed by atoms with Crippen LogP contribution in [-0.4, -0.2) is 42.3 Å². The van der Waals surface area contributed by atoms with Gasteiger partial charge in [-0.3, -0.25) is 4.68 Å². The summed E-state index contributed by atoms with van der Waals surface area (Å²) in [6.07, 6.45) is 1.62. The van der Waals surface area contributed by atoms with E-state index in [-0.39, 0.29) is 6.04 Å². The first kappa shape index (κ1) is 17.4. The molecule has 0 bridgehead atoms. The van der Waals surface area contributed by atoms with E-state index in [4.69, 9.17) is 9.47 Å². The first-order valence-electron chi connectivity index (χ1n) is 8.81. The number of nitrogens with zero attached hydrogens (tertiary/aromatic N) is 3. The van der Waals surface area contributed by atoms with Crippen LogP contribution in [0.3, 0.4) is 0 Å². The third-order valence-electron chi connectivity index (χ3n) is 5.16. The minimum absolute atomic E-state index is 0.199. The minimum Gasteiger partial charge on any atom is -0.486 e. The van der Waals surface area contributed by atoms with Gasteiger partial charge >= 0.3 is 0 Å². The van der Waals surface area contributed by atoms with Crippen molar-refractivity contribution in [2.24, 2.45) is 7.05 Å². The molecule has 7 nitrogen and oxygen atoms in total. The quantitative estimate of drug-likeness (QED) is 0.821. The SMILES string of the molecule is Cc1nn(C)c(C)c1S(=O)(=O)N1CCC[C@@H]1c1ccc2c(c1)OCCO2. The Morgan fingerprint density at radius 1 is 1.15 bits per heavy atom. The normalized spacial score (nSPS) is 20.5. The number of aryl methyl sites for hydroxylation is 2. The second-order valence-corrected chi connectivity index (χ2v) is 8.63. The van der Waals surface area contributed by atoms with Crippen molar-refractivity contribution in [1.29, 1.82) is 0 Å². The van der Waals surface area contributed by atoms with Gasteiger partial charge in [-0.2, -0.15) is 9.40 Å². The molecule has 0 N–H and O–H groups in total. The molecule has 1 aromatic carbocycles. The average Bonchev–Trinajstić information content (AvgIpc) is 3.20. The van der Waals surface area contributed by atoms with Gasteiger partial charge in [0.1, 0.15) is 18.1 Å². The summed E-state index contributed by atoms with van der Waals surface area (Å²) in [6, 6.07) is 5.52. The Morgan fingerprint density at radius 3 is 2.58 bits per heavy atom. The van der Waals surface area contributed by atoms with Crippen molar-refractivity contribution in [3.63, 3.8) is 0 Å². The summed E-state index contributed by atoms with van der Waals surface area (Å²) in [5.41, 5.74) is 2.14. The van der Waals surface area contributed by atoms with E-state index in [1.54, 1.807) is 29.9 Å². The zero-order valence-electron chi connectivity index (χ0n) is 15.2.